The molecule has 5 aliphatic heterocycles. The van der Waals surface area contributed by atoms with Crippen molar-refractivity contribution in [3.05, 3.63) is 0 Å². The van der Waals surface area contributed by atoms with Crippen LogP contribution in [0.3, 0.4) is 0 Å². The fourth-order valence-corrected chi connectivity index (χ4v) is 12.0. The van der Waals surface area contributed by atoms with E-state index < -0.39 is 7.82 Å². The lowest BCUT2D eigenvalue weighted by molar-refractivity contribution is 0.167. The second-order valence-electron chi connectivity index (χ2n) is 16.1. The minimum absolute atomic E-state index is 0.420. The summed E-state index contributed by atoms with van der Waals surface area (Å²) in [6.45, 7) is 0. The first-order valence-corrected chi connectivity index (χ1v) is 20.2. The summed E-state index contributed by atoms with van der Waals surface area (Å²) in [6, 6.07) is 0. The Morgan fingerprint density at radius 2 is 0.422 bits per heavy atom. The Kier molecular flexibility index (Phi) is 9.43. The lowest BCUT2D eigenvalue weighted by atomic mass is 9.76. The maximum atomic E-state index is 8.88. The van der Waals surface area contributed by atoms with E-state index in [4.69, 9.17) is 19.2 Å². The molecule has 4 aliphatic carbocycles. The van der Waals surface area contributed by atoms with E-state index in [1.165, 1.54) is 103 Å². The van der Waals surface area contributed by atoms with Crippen molar-refractivity contribution in [2.75, 3.05) is 0 Å². The summed E-state index contributed by atoms with van der Waals surface area (Å²) in [5.74, 6) is 5.97. The van der Waals surface area contributed by atoms with E-state index in [-0.39, 0.29) is 0 Å². The summed E-state index contributed by atoms with van der Waals surface area (Å²) in [5.41, 5.74) is 0. The Balaban J connectivity index is 0.000000560. The highest BCUT2D eigenvalue weighted by Crippen LogP contribution is 2.45. The molecule has 12 nitrogen and oxygen atoms in total. The molecule has 0 aromatic heterocycles. The second kappa shape index (κ2) is 13.2. The average Bonchev–Trinajstić information content (AvgIpc) is 3.76. The van der Waals surface area contributed by atoms with Gasteiger partial charge in [0.05, 0.1) is 49.3 Å². The zero-order chi connectivity index (χ0) is 30.7. The predicted molar refractivity (Wildman–Crippen MR) is 171 cm³/mol. The third-order valence-electron chi connectivity index (χ3n) is 13.8. The molecule has 9 rings (SSSR count). The molecular weight excluding hydrogens is 591 g/mol. The van der Waals surface area contributed by atoms with Crippen molar-refractivity contribution < 1.29 is 19.2 Å². The van der Waals surface area contributed by atoms with Gasteiger partial charge in [0, 0.05) is 0 Å². The lowest BCUT2D eigenvalue weighted by Crippen LogP contribution is -2.61. The van der Waals surface area contributed by atoms with Crippen molar-refractivity contribution in [1.29, 1.82) is 0 Å². The molecule has 256 valence electrons. The Morgan fingerprint density at radius 3 is 0.533 bits per heavy atom. The smallest absolute Gasteiger partial charge is 0.303 e. The number of rotatable bonds is 0. The number of fused-ring (bicyclic) bond motifs is 20. The van der Waals surface area contributed by atoms with Gasteiger partial charge in [-0.25, -0.2) is 4.57 Å². The van der Waals surface area contributed by atoms with E-state index in [9.17, 15) is 0 Å². The highest BCUT2D eigenvalue weighted by molar-refractivity contribution is 7.45. The SMILES string of the molecule is C1CCC2C3NC(NC4NC(NC5NC(NC6NC(N3)C3CCCCC63)C3CCCCC53)C3CCCCC43)C2C1.O=P(O)(O)O. The van der Waals surface area contributed by atoms with E-state index in [0.29, 0.717) is 49.3 Å². The van der Waals surface area contributed by atoms with Gasteiger partial charge in [0.25, 0.3) is 0 Å². The van der Waals surface area contributed by atoms with Gasteiger partial charge >= 0.3 is 7.82 Å². The molecule has 4 saturated carbocycles. The molecule has 8 atom stereocenters. The first-order chi connectivity index (χ1) is 21.8. The lowest BCUT2D eigenvalue weighted by Gasteiger charge is -2.35. The van der Waals surface area contributed by atoms with Gasteiger partial charge in [-0.3, -0.25) is 42.5 Å². The molecule has 0 aromatic carbocycles. The topological polar surface area (TPSA) is 174 Å². The van der Waals surface area contributed by atoms with Gasteiger partial charge in [-0.05, 0) is 98.7 Å². The van der Waals surface area contributed by atoms with Crippen molar-refractivity contribution in [1.82, 2.24) is 42.5 Å². The van der Waals surface area contributed by atoms with Crippen LogP contribution in [0.1, 0.15) is 103 Å². The first-order valence-electron chi connectivity index (χ1n) is 18.7. The number of hydrogen-bond donors (Lipinski definition) is 11. The van der Waals surface area contributed by atoms with E-state index in [2.05, 4.69) is 42.5 Å². The summed E-state index contributed by atoms with van der Waals surface area (Å²) >= 11 is 0. The van der Waals surface area contributed by atoms with E-state index in [1.54, 1.807) is 0 Å². The summed E-state index contributed by atoms with van der Waals surface area (Å²) in [5, 5.41) is 33.8. The fourth-order valence-electron chi connectivity index (χ4n) is 12.0. The predicted octanol–water partition coefficient (Wildman–Crippen LogP) is 1.68. The minimum atomic E-state index is -4.64. The van der Waals surface area contributed by atoms with Gasteiger partial charge in [-0.15, -0.1) is 0 Å². The van der Waals surface area contributed by atoms with Crippen LogP contribution in [0, 0.1) is 47.3 Å². The summed E-state index contributed by atoms with van der Waals surface area (Å²) in [4.78, 5) is 21.6. The van der Waals surface area contributed by atoms with Crippen LogP contribution in [0.5, 0.6) is 0 Å². The Morgan fingerprint density at radius 1 is 0.311 bits per heavy atom. The van der Waals surface area contributed by atoms with Crippen LogP contribution in [0.4, 0.5) is 0 Å². The highest BCUT2D eigenvalue weighted by Gasteiger charge is 2.54. The van der Waals surface area contributed by atoms with Crippen LogP contribution in [-0.4, -0.2) is 64.0 Å². The third-order valence-corrected chi connectivity index (χ3v) is 13.8. The Hall–Kier alpha value is -0.210. The normalized spacial score (nSPS) is 52.5. The molecule has 0 radical (unpaired) electrons. The van der Waals surface area contributed by atoms with Crippen LogP contribution in [-0.2, 0) is 4.57 Å². The molecule has 13 heteroatoms. The van der Waals surface area contributed by atoms with Gasteiger partial charge in [0.1, 0.15) is 0 Å². The number of nitrogens with one attached hydrogen (secondary N) is 8. The zero-order valence-corrected chi connectivity index (χ0v) is 27.6. The van der Waals surface area contributed by atoms with E-state index in [0.717, 1.165) is 47.3 Å². The molecule has 0 aromatic rings. The number of hydrogen-bond acceptors (Lipinski definition) is 9. The summed E-state index contributed by atoms with van der Waals surface area (Å²) < 4.78 is 8.88. The van der Waals surface area contributed by atoms with Crippen LogP contribution >= 0.6 is 7.82 Å². The van der Waals surface area contributed by atoms with Crippen molar-refractivity contribution in [3.63, 3.8) is 0 Å². The summed E-state index contributed by atoms with van der Waals surface area (Å²) in [7, 11) is -4.64. The molecule has 9 aliphatic rings. The maximum absolute atomic E-state index is 8.88. The Labute approximate surface area is 268 Å². The molecule has 8 unspecified atom stereocenters. The Bertz CT molecular complexity index is 870. The van der Waals surface area contributed by atoms with Gasteiger partial charge < -0.3 is 14.7 Å². The van der Waals surface area contributed by atoms with Gasteiger partial charge in [0.2, 0.25) is 0 Å². The fraction of sp³-hybridized carbons (Fsp3) is 1.00. The first kappa shape index (κ1) is 32.0. The molecule has 0 amide bonds. The highest BCUT2D eigenvalue weighted by atomic mass is 31.2. The van der Waals surface area contributed by atoms with Gasteiger partial charge in [0.15, 0.2) is 0 Å². The van der Waals surface area contributed by atoms with Crippen molar-refractivity contribution >= 4 is 7.82 Å². The van der Waals surface area contributed by atoms with Crippen molar-refractivity contribution in [2.45, 2.75) is 152 Å². The molecule has 5 saturated heterocycles. The molecule has 9 fully saturated rings. The molecule has 5 heterocycles. The molecule has 8 bridgehead atoms. The second-order valence-corrected chi connectivity index (χ2v) is 17.1. The molecular formula is C32H59N8O4P. The largest absolute Gasteiger partial charge is 0.466 e. The summed E-state index contributed by atoms with van der Waals surface area (Å²) in [6.07, 6.45) is 25.6. The standard InChI is InChI=1S/C32H56N8.H3O4P/c1-2-10-18-17(9-1)25-33-26(18)38-28-21-13-5-6-14-22(21)30(35-28)40-32-24-16-8-7-15-23(24)31(36-32)39-29-20-12-4-3-11-19(20)27(34-29)37-25;1-5(2,3)4/h17-40H,1-16H2;(H3,1,2,3,4). The van der Waals surface area contributed by atoms with Gasteiger partial charge in [-0.2, -0.15) is 0 Å². The molecule has 0 spiro atoms. The van der Waals surface area contributed by atoms with Crippen LogP contribution in [0.2, 0.25) is 0 Å². The van der Waals surface area contributed by atoms with E-state index in [1.807, 2.05) is 0 Å². The average molecular weight is 651 g/mol. The monoisotopic (exact) mass is 650 g/mol. The van der Waals surface area contributed by atoms with Crippen LogP contribution in [0.25, 0.3) is 0 Å². The van der Waals surface area contributed by atoms with Crippen molar-refractivity contribution in [2.24, 2.45) is 47.3 Å². The molecule has 11 N–H and O–H groups in total. The third kappa shape index (κ3) is 6.58. The van der Waals surface area contributed by atoms with Crippen molar-refractivity contribution in [3.8, 4) is 0 Å². The van der Waals surface area contributed by atoms with E-state index >= 15 is 0 Å². The molecule has 45 heavy (non-hydrogen) atoms. The van der Waals surface area contributed by atoms with Crippen LogP contribution < -0.4 is 42.5 Å². The van der Waals surface area contributed by atoms with Gasteiger partial charge in [-0.1, -0.05) is 51.4 Å². The quantitative estimate of drug-likeness (QED) is 0.172. The minimum Gasteiger partial charge on any atom is -0.303 e. The zero-order valence-electron chi connectivity index (χ0n) is 26.7. The maximum Gasteiger partial charge on any atom is 0.466 e. The number of phosphoric acid groups is 1. The van der Waals surface area contributed by atoms with Crippen LogP contribution in [0.15, 0.2) is 0 Å².